The molecule has 0 heterocycles. The lowest BCUT2D eigenvalue weighted by Crippen LogP contribution is -2.37. The molecule has 0 saturated heterocycles. The van der Waals surface area contributed by atoms with E-state index in [0.717, 1.165) is 12.5 Å². The van der Waals surface area contributed by atoms with E-state index < -0.39 is 0 Å². The van der Waals surface area contributed by atoms with E-state index in [2.05, 4.69) is 18.7 Å². The van der Waals surface area contributed by atoms with Crippen molar-refractivity contribution in [2.45, 2.75) is 52.0 Å². The van der Waals surface area contributed by atoms with Crippen LogP contribution in [0.4, 0.5) is 0 Å². The molecule has 0 spiro atoms. The molecule has 1 saturated carbocycles. The van der Waals surface area contributed by atoms with E-state index in [0.29, 0.717) is 12.6 Å². The molecule has 2 heteroatoms. The van der Waals surface area contributed by atoms with Crippen LogP contribution in [0.3, 0.4) is 0 Å². The molecule has 1 aliphatic carbocycles. The Hall–Kier alpha value is -0.0800. The molecule has 0 unspecified atom stereocenters. The summed E-state index contributed by atoms with van der Waals surface area (Å²) in [6.45, 7) is 6.77. The monoisotopic (exact) mass is 199 g/mol. The van der Waals surface area contributed by atoms with Gasteiger partial charge in [-0.15, -0.1) is 0 Å². The highest BCUT2D eigenvalue weighted by Crippen LogP contribution is 2.24. The second kappa shape index (κ2) is 6.41. The highest BCUT2D eigenvalue weighted by molar-refractivity contribution is 4.72. The van der Waals surface area contributed by atoms with Crippen molar-refractivity contribution in [2.24, 2.45) is 5.92 Å². The Morgan fingerprint density at radius 3 is 2.36 bits per heavy atom. The first-order valence-corrected chi connectivity index (χ1v) is 6.09. The van der Waals surface area contributed by atoms with Crippen molar-refractivity contribution in [1.82, 2.24) is 4.90 Å². The van der Waals surface area contributed by atoms with E-state index in [1.54, 1.807) is 0 Å². The van der Waals surface area contributed by atoms with Crippen LogP contribution in [-0.2, 0) is 0 Å². The van der Waals surface area contributed by atoms with Gasteiger partial charge in [0.15, 0.2) is 0 Å². The van der Waals surface area contributed by atoms with Crippen LogP contribution in [0.1, 0.15) is 46.0 Å². The van der Waals surface area contributed by atoms with E-state index in [1.165, 1.54) is 38.6 Å². The van der Waals surface area contributed by atoms with Crippen molar-refractivity contribution < 1.29 is 5.11 Å². The van der Waals surface area contributed by atoms with E-state index in [9.17, 15) is 0 Å². The van der Waals surface area contributed by atoms with Gasteiger partial charge in [0.2, 0.25) is 0 Å². The third-order valence-corrected chi connectivity index (χ3v) is 3.33. The normalized spacial score (nSPS) is 19.5. The summed E-state index contributed by atoms with van der Waals surface area (Å²) in [6, 6.07) is 0.573. The molecule has 0 amide bonds. The maximum Gasteiger partial charge on any atom is 0.0558 e. The van der Waals surface area contributed by atoms with E-state index in [-0.39, 0.29) is 0 Å². The van der Waals surface area contributed by atoms with Gasteiger partial charge >= 0.3 is 0 Å². The summed E-state index contributed by atoms with van der Waals surface area (Å²) in [4.78, 5) is 2.41. The van der Waals surface area contributed by atoms with Gasteiger partial charge in [0.1, 0.15) is 0 Å². The van der Waals surface area contributed by atoms with Crippen LogP contribution in [0.5, 0.6) is 0 Å². The minimum absolute atomic E-state index is 0.297. The van der Waals surface area contributed by atoms with Crippen molar-refractivity contribution in [2.75, 3.05) is 19.7 Å². The van der Waals surface area contributed by atoms with Gasteiger partial charge in [-0.1, -0.05) is 19.3 Å². The molecule has 0 aromatic heterocycles. The molecule has 1 rings (SSSR count). The molecule has 0 aromatic carbocycles. The molecular weight excluding hydrogens is 174 g/mol. The second-order valence-corrected chi connectivity index (χ2v) is 4.82. The van der Waals surface area contributed by atoms with Gasteiger partial charge in [-0.2, -0.15) is 0 Å². The maximum atomic E-state index is 8.97. The summed E-state index contributed by atoms with van der Waals surface area (Å²) < 4.78 is 0. The number of hydrogen-bond acceptors (Lipinski definition) is 2. The number of aliphatic hydroxyl groups excluding tert-OH is 1. The zero-order valence-corrected chi connectivity index (χ0v) is 9.71. The van der Waals surface area contributed by atoms with Crippen molar-refractivity contribution in [3.8, 4) is 0 Å². The Balaban J connectivity index is 2.29. The minimum Gasteiger partial charge on any atom is -0.395 e. The molecule has 0 atom stereocenters. The van der Waals surface area contributed by atoms with Gasteiger partial charge in [-0.05, 0) is 32.6 Å². The van der Waals surface area contributed by atoms with E-state index in [4.69, 9.17) is 5.11 Å². The lowest BCUT2D eigenvalue weighted by atomic mass is 9.88. The Kier molecular flexibility index (Phi) is 5.49. The van der Waals surface area contributed by atoms with Crippen LogP contribution in [0.25, 0.3) is 0 Å². The number of nitrogens with zero attached hydrogens (tertiary/aromatic N) is 1. The molecule has 0 aliphatic heterocycles. The summed E-state index contributed by atoms with van der Waals surface area (Å²) in [5, 5.41) is 8.97. The van der Waals surface area contributed by atoms with Crippen molar-refractivity contribution in [3.05, 3.63) is 0 Å². The highest BCUT2D eigenvalue weighted by Gasteiger charge is 2.18. The summed E-state index contributed by atoms with van der Waals surface area (Å²) in [7, 11) is 0. The molecule has 1 aliphatic rings. The molecule has 0 bridgehead atoms. The minimum atomic E-state index is 0.297. The standard InChI is InChI=1S/C12H25NO/c1-11(2)13(8-9-14)10-12-6-4-3-5-7-12/h11-12,14H,3-10H2,1-2H3. The first kappa shape index (κ1) is 12.0. The summed E-state index contributed by atoms with van der Waals surface area (Å²) in [5.41, 5.74) is 0. The fraction of sp³-hybridized carbons (Fsp3) is 1.00. The van der Waals surface area contributed by atoms with Gasteiger partial charge in [0.05, 0.1) is 6.61 Å². The number of hydrogen-bond donors (Lipinski definition) is 1. The Morgan fingerprint density at radius 2 is 1.86 bits per heavy atom. The van der Waals surface area contributed by atoms with Gasteiger partial charge in [-0.25, -0.2) is 0 Å². The zero-order valence-electron chi connectivity index (χ0n) is 9.71. The van der Waals surface area contributed by atoms with Gasteiger partial charge in [-0.3, -0.25) is 4.90 Å². The third-order valence-electron chi connectivity index (χ3n) is 3.33. The molecule has 84 valence electrons. The van der Waals surface area contributed by atoms with Gasteiger partial charge in [0.25, 0.3) is 0 Å². The van der Waals surface area contributed by atoms with Crippen molar-refractivity contribution in [3.63, 3.8) is 0 Å². The fourth-order valence-electron chi connectivity index (χ4n) is 2.39. The van der Waals surface area contributed by atoms with E-state index >= 15 is 0 Å². The topological polar surface area (TPSA) is 23.5 Å². The quantitative estimate of drug-likeness (QED) is 0.734. The van der Waals surface area contributed by atoms with Crippen LogP contribution in [-0.4, -0.2) is 35.7 Å². The smallest absolute Gasteiger partial charge is 0.0558 e. The fourth-order valence-corrected chi connectivity index (χ4v) is 2.39. The predicted octanol–water partition coefficient (Wildman–Crippen LogP) is 2.27. The molecule has 1 fully saturated rings. The highest BCUT2D eigenvalue weighted by atomic mass is 16.3. The SMILES string of the molecule is CC(C)N(CCO)CC1CCCCC1. The zero-order chi connectivity index (χ0) is 10.4. The average molecular weight is 199 g/mol. The lowest BCUT2D eigenvalue weighted by Gasteiger charge is -2.31. The molecule has 1 N–H and O–H groups in total. The van der Waals surface area contributed by atoms with Crippen LogP contribution in [0.15, 0.2) is 0 Å². The van der Waals surface area contributed by atoms with Crippen LogP contribution in [0, 0.1) is 5.92 Å². The molecular formula is C12H25NO. The predicted molar refractivity (Wildman–Crippen MR) is 60.4 cm³/mol. The van der Waals surface area contributed by atoms with Crippen LogP contribution in [0.2, 0.25) is 0 Å². The third kappa shape index (κ3) is 3.97. The van der Waals surface area contributed by atoms with Crippen molar-refractivity contribution >= 4 is 0 Å². The Morgan fingerprint density at radius 1 is 1.21 bits per heavy atom. The molecule has 14 heavy (non-hydrogen) atoms. The molecule has 0 aromatic rings. The van der Waals surface area contributed by atoms with Gasteiger partial charge < -0.3 is 5.11 Å². The number of rotatable bonds is 5. The number of aliphatic hydroxyl groups is 1. The van der Waals surface area contributed by atoms with Crippen molar-refractivity contribution in [1.29, 1.82) is 0 Å². The van der Waals surface area contributed by atoms with Crippen LogP contribution < -0.4 is 0 Å². The molecule has 2 nitrogen and oxygen atoms in total. The second-order valence-electron chi connectivity index (χ2n) is 4.82. The largest absolute Gasteiger partial charge is 0.395 e. The van der Waals surface area contributed by atoms with Crippen LogP contribution >= 0.6 is 0 Å². The maximum absolute atomic E-state index is 8.97. The summed E-state index contributed by atoms with van der Waals surface area (Å²) >= 11 is 0. The lowest BCUT2D eigenvalue weighted by molar-refractivity contribution is 0.132. The average Bonchev–Trinajstić information content (AvgIpc) is 2.18. The molecule has 0 radical (unpaired) electrons. The summed E-state index contributed by atoms with van der Waals surface area (Å²) in [5.74, 6) is 0.887. The Labute approximate surface area is 88.3 Å². The first-order chi connectivity index (χ1) is 6.74. The first-order valence-electron chi connectivity index (χ1n) is 6.09. The Bertz CT molecular complexity index is 141. The summed E-state index contributed by atoms with van der Waals surface area (Å²) in [6.07, 6.45) is 7.05. The van der Waals surface area contributed by atoms with Gasteiger partial charge in [0, 0.05) is 19.1 Å². The van der Waals surface area contributed by atoms with E-state index in [1.807, 2.05) is 0 Å².